The molecule has 0 spiro atoms. The maximum Gasteiger partial charge on any atom is 0.236 e. The van der Waals surface area contributed by atoms with Gasteiger partial charge in [0.05, 0.1) is 40.3 Å². The van der Waals surface area contributed by atoms with Crippen molar-refractivity contribution in [2.45, 2.75) is 0 Å². The monoisotopic (exact) mass is 1170 g/mol. The van der Waals surface area contributed by atoms with Gasteiger partial charge in [-0.15, -0.1) is 45.3 Å². The van der Waals surface area contributed by atoms with Gasteiger partial charge < -0.3 is 0 Å². The highest BCUT2D eigenvalue weighted by Crippen LogP contribution is 2.51. The minimum absolute atomic E-state index is 0.0655. The Labute approximate surface area is 513 Å². The van der Waals surface area contributed by atoms with Gasteiger partial charge in [-0.05, 0) is 47.2 Å². The zero-order valence-electron chi connectivity index (χ0n) is 50.2. The zero-order chi connectivity index (χ0) is 60.5. The lowest BCUT2D eigenvalue weighted by molar-refractivity contribution is 1.02. The molecule has 20 aromatic rings. The predicted octanol–water partition coefficient (Wildman–Crippen LogP) is 22.3. The second kappa shape index (κ2) is 18.6. The Kier molecular flexibility index (Phi) is 9.42. The van der Waals surface area contributed by atoms with Crippen LogP contribution in [-0.2, 0) is 0 Å². The minimum Gasteiger partial charge on any atom is -0.277 e. The van der Waals surface area contributed by atoms with Crippen LogP contribution in [0.5, 0.6) is 0 Å². The Bertz CT molecular complexity index is 6530. The molecule has 0 atom stereocenters. The average molecular weight is 1170 g/mol. The molecule has 6 nitrogen and oxygen atoms in total. The molecule has 0 N–H and O–H groups in total. The molecule has 0 aliphatic rings. The highest BCUT2D eigenvalue weighted by atomic mass is 32.1. The number of nitrogens with zero attached hydrogens (tertiary/aromatic N) is 6. The maximum atomic E-state index is 8.93. The summed E-state index contributed by atoms with van der Waals surface area (Å²) in [6.07, 6.45) is 0. The highest BCUT2D eigenvalue weighted by Gasteiger charge is 2.27. The molecule has 20 rings (SSSR count). The Hall–Kier alpha value is -10.2. The molecule has 8 aromatic heterocycles. The first-order chi connectivity index (χ1) is 44.8. The van der Waals surface area contributed by atoms with Crippen molar-refractivity contribution >= 4 is 191 Å². The second-order valence-electron chi connectivity index (χ2n) is 21.5. The van der Waals surface area contributed by atoms with Crippen LogP contribution in [-0.4, -0.2) is 29.1 Å². The molecule has 12 aromatic carbocycles. The summed E-state index contributed by atoms with van der Waals surface area (Å²) < 4.78 is 54.7. The summed E-state index contributed by atoms with van der Waals surface area (Å²) in [7, 11) is 0. The van der Waals surface area contributed by atoms with Crippen LogP contribution in [0.1, 0.15) is 6.85 Å². The molecule has 0 amide bonds. The summed E-state index contributed by atoms with van der Waals surface area (Å²) in [5.41, 5.74) is 6.63. The summed E-state index contributed by atoms with van der Waals surface area (Å²) in [5.74, 6) is 1.09. The molecule has 0 unspecified atom stereocenters. The first kappa shape index (κ1) is 43.4. The quantitative estimate of drug-likeness (QED) is 0.176. The maximum absolute atomic E-state index is 8.93. The molecule has 8 heterocycles. The van der Waals surface area contributed by atoms with Crippen LogP contribution in [0.4, 0.5) is 0 Å². The molecular formula is C76H42N6S4. The van der Waals surface area contributed by atoms with Gasteiger partial charge >= 0.3 is 0 Å². The van der Waals surface area contributed by atoms with E-state index in [4.69, 9.17) is 26.8 Å². The van der Waals surface area contributed by atoms with Gasteiger partial charge in [0, 0.05) is 115 Å². The third kappa shape index (κ3) is 6.92. The van der Waals surface area contributed by atoms with Crippen molar-refractivity contribution in [2.75, 3.05) is 0 Å². The third-order valence-electron chi connectivity index (χ3n) is 16.9. The first-order valence-electron chi connectivity index (χ1n) is 30.8. The van der Waals surface area contributed by atoms with Gasteiger partial charge in [0.1, 0.15) is 9.66 Å². The molecular weight excluding hydrogens is 1130 g/mol. The Morgan fingerprint density at radius 1 is 0.279 bits per heavy atom. The van der Waals surface area contributed by atoms with E-state index in [1.54, 1.807) is 22.7 Å². The van der Waals surface area contributed by atoms with Crippen LogP contribution < -0.4 is 0 Å². The largest absolute Gasteiger partial charge is 0.277 e. The predicted molar refractivity (Wildman–Crippen MR) is 370 cm³/mol. The molecule has 0 radical (unpaired) electrons. The summed E-state index contributed by atoms with van der Waals surface area (Å²) in [6, 6.07) is 76.8. The zero-order valence-corrected chi connectivity index (χ0v) is 48.4. The smallest absolute Gasteiger partial charge is 0.236 e. The van der Waals surface area contributed by atoms with Crippen molar-refractivity contribution in [3.63, 3.8) is 0 Å². The molecule has 0 aliphatic heterocycles. The molecule has 400 valence electrons. The van der Waals surface area contributed by atoms with Gasteiger partial charge in [0.15, 0.2) is 0 Å². The summed E-state index contributed by atoms with van der Waals surface area (Å²) >= 11 is 6.91. The average Bonchev–Trinajstić information content (AvgIpc) is 1.56. The Balaban J connectivity index is 0.000000131. The molecule has 10 heteroatoms. The highest BCUT2D eigenvalue weighted by molar-refractivity contribution is 7.28. The lowest BCUT2D eigenvalue weighted by atomic mass is 10.00. The van der Waals surface area contributed by atoms with Crippen LogP contribution in [0.25, 0.3) is 181 Å². The fraction of sp³-hybridized carbons (Fsp3) is 0. The Morgan fingerprint density at radius 3 is 1.08 bits per heavy atom. The summed E-state index contributed by atoms with van der Waals surface area (Å²) in [5, 5.41) is 18.3. The van der Waals surface area contributed by atoms with E-state index in [0.717, 1.165) is 75.2 Å². The van der Waals surface area contributed by atoms with Gasteiger partial charge in [-0.1, -0.05) is 218 Å². The number of rotatable bonds is 4. The fourth-order valence-electron chi connectivity index (χ4n) is 13.4. The van der Waals surface area contributed by atoms with E-state index in [1.807, 2.05) is 41.7 Å². The Morgan fingerprint density at radius 2 is 0.628 bits per heavy atom. The molecule has 0 saturated heterocycles. The topological polar surface area (TPSA) is 61.4 Å². The molecule has 0 fully saturated rings. The molecule has 0 bridgehead atoms. The van der Waals surface area contributed by atoms with Crippen molar-refractivity contribution < 1.29 is 6.85 Å². The van der Waals surface area contributed by atoms with Crippen LogP contribution in [0.3, 0.4) is 0 Å². The van der Waals surface area contributed by atoms with Gasteiger partial charge in [0.25, 0.3) is 0 Å². The van der Waals surface area contributed by atoms with Gasteiger partial charge in [-0.3, -0.25) is 9.13 Å². The number of fused-ring (bicyclic) bond motifs is 26. The molecule has 0 saturated carbocycles. The number of thiophene rings is 4. The van der Waals surface area contributed by atoms with Crippen molar-refractivity contribution in [1.82, 2.24) is 29.1 Å². The van der Waals surface area contributed by atoms with Crippen molar-refractivity contribution in [1.29, 1.82) is 0 Å². The number of hydrogen-bond donors (Lipinski definition) is 0. The van der Waals surface area contributed by atoms with Gasteiger partial charge in [-0.2, -0.15) is 0 Å². The normalized spacial score (nSPS) is 13.0. The van der Waals surface area contributed by atoms with E-state index in [1.165, 1.54) is 83.3 Å². The third-order valence-corrected chi connectivity index (χ3v) is 21.4. The van der Waals surface area contributed by atoms with Gasteiger partial charge in [0.2, 0.25) is 11.9 Å². The standard InChI is InChI=1S/2C38H21N3S2/c2*1-2-12-22(13-3-1)34-32-27-18-8-11-21-30(27)43-37(32)40-38(39-34)41-28-19-9-6-16-25(28)33-35(41)24-15-5-4-14-23(24)31-26-17-7-10-20-29(26)42-36(31)33/h2*1-21H/i1D,2D,3D,12D,13D;. The van der Waals surface area contributed by atoms with E-state index < -0.39 is 18.1 Å². The van der Waals surface area contributed by atoms with Crippen molar-refractivity contribution in [2.24, 2.45) is 0 Å². The van der Waals surface area contributed by atoms with E-state index in [-0.39, 0.29) is 17.6 Å². The van der Waals surface area contributed by atoms with Crippen LogP contribution in [0.15, 0.2) is 255 Å². The first-order valence-corrected chi connectivity index (χ1v) is 31.6. The van der Waals surface area contributed by atoms with E-state index in [2.05, 4.69) is 203 Å². The van der Waals surface area contributed by atoms with Crippen molar-refractivity contribution in [3.05, 3.63) is 255 Å². The van der Waals surface area contributed by atoms with Gasteiger partial charge in [-0.25, -0.2) is 19.9 Å². The summed E-state index contributed by atoms with van der Waals surface area (Å²) in [6.45, 7) is 0. The SMILES string of the molecule is [2H]c1c([2H])c([2H])c(-c2nc(-n3c4ccccc4c4c5sc6ccccc6c5c5ccccc5c43)nc3sc4ccccc4c23)c([2H])c1[2H].c1ccc(-c2nc(-n3c4ccccc4c4c5sc6ccccc6c5c5ccccc5c43)nc3sc4ccccc4c23)cc1. The number of hydrogen-bond acceptors (Lipinski definition) is 8. The van der Waals surface area contributed by atoms with Crippen LogP contribution in [0.2, 0.25) is 0 Å². The second-order valence-corrected chi connectivity index (χ2v) is 25.7. The number of para-hydroxylation sites is 2. The molecule has 0 aliphatic carbocycles. The lowest BCUT2D eigenvalue weighted by Crippen LogP contribution is -2.03. The number of aromatic nitrogens is 6. The number of benzene rings is 12. The lowest BCUT2D eigenvalue weighted by Gasteiger charge is -2.12. The fourth-order valence-corrected chi connectivity index (χ4v) is 18.1. The molecule has 86 heavy (non-hydrogen) atoms. The minimum atomic E-state index is -0.435. The van der Waals surface area contributed by atoms with Crippen LogP contribution >= 0.6 is 45.3 Å². The van der Waals surface area contributed by atoms with E-state index in [0.29, 0.717) is 27.8 Å². The van der Waals surface area contributed by atoms with Crippen molar-refractivity contribution in [3.8, 4) is 34.4 Å². The summed E-state index contributed by atoms with van der Waals surface area (Å²) in [4.78, 5) is 22.9. The van der Waals surface area contributed by atoms with E-state index >= 15 is 0 Å². The van der Waals surface area contributed by atoms with E-state index in [9.17, 15) is 0 Å². The van der Waals surface area contributed by atoms with Crippen LogP contribution in [0, 0.1) is 0 Å².